The van der Waals surface area contributed by atoms with Crippen molar-refractivity contribution in [3.8, 4) is 11.5 Å². The molecule has 0 aliphatic rings. The van der Waals surface area contributed by atoms with E-state index in [0.29, 0.717) is 28.0 Å². The number of hydrogen-bond acceptors (Lipinski definition) is 6. The molecule has 1 N–H and O–H groups in total. The van der Waals surface area contributed by atoms with Gasteiger partial charge in [0.05, 0.1) is 24.1 Å². The zero-order chi connectivity index (χ0) is 18.8. The van der Waals surface area contributed by atoms with E-state index < -0.39 is 5.82 Å². The summed E-state index contributed by atoms with van der Waals surface area (Å²) in [5, 5.41) is 4.38. The van der Waals surface area contributed by atoms with E-state index in [1.54, 1.807) is 18.3 Å². The molecule has 0 amide bonds. The number of halogens is 2. The molecule has 27 heavy (non-hydrogen) atoms. The predicted octanol–water partition coefficient (Wildman–Crippen LogP) is 5.06. The van der Waals surface area contributed by atoms with Gasteiger partial charge < -0.3 is 10.1 Å². The lowest BCUT2D eigenvalue weighted by molar-refractivity contribution is 0.470. The van der Waals surface area contributed by atoms with Crippen molar-refractivity contribution >= 4 is 34.0 Å². The summed E-state index contributed by atoms with van der Waals surface area (Å²) in [6.07, 6.45) is 5.64. The summed E-state index contributed by atoms with van der Waals surface area (Å²) in [7, 11) is 0. The largest absolute Gasteiger partial charge is 0.455 e. The van der Waals surface area contributed by atoms with Crippen molar-refractivity contribution in [3.05, 3.63) is 71.8 Å². The molecule has 0 radical (unpaired) electrons. The second-order valence-corrected chi connectivity index (χ2v) is 6.18. The van der Waals surface area contributed by atoms with Crippen LogP contribution in [-0.4, -0.2) is 19.9 Å². The van der Waals surface area contributed by atoms with E-state index in [2.05, 4.69) is 25.3 Å². The molecule has 0 saturated carbocycles. The first-order chi connectivity index (χ1) is 13.1. The van der Waals surface area contributed by atoms with Crippen molar-refractivity contribution in [2.75, 3.05) is 5.32 Å². The second-order valence-electron chi connectivity index (χ2n) is 5.79. The lowest BCUT2D eigenvalue weighted by atomic mass is 10.2. The van der Waals surface area contributed by atoms with Crippen LogP contribution in [0.4, 0.5) is 15.9 Å². The highest BCUT2D eigenvalue weighted by Crippen LogP contribution is 2.30. The molecule has 134 valence electrons. The highest BCUT2D eigenvalue weighted by atomic mass is 35.5. The number of nitrogens with one attached hydrogen (secondary N) is 1. The first-order valence-electron chi connectivity index (χ1n) is 8.01. The van der Waals surface area contributed by atoms with Gasteiger partial charge in [-0.05, 0) is 36.8 Å². The third-order valence-corrected chi connectivity index (χ3v) is 4.04. The molecule has 3 heterocycles. The molecule has 0 fully saturated rings. The minimum absolute atomic E-state index is 0.336. The SMILES string of the molecule is Cc1cc(Nc2ncnc3cnc(Cl)cc23)ccc1Oc1cncc(F)c1. The van der Waals surface area contributed by atoms with Gasteiger partial charge in [0.15, 0.2) is 0 Å². The van der Waals surface area contributed by atoms with Crippen molar-refractivity contribution in [3.63, 3.8) is 0 Å². The lowest BCUT2D eigenvalue weighted by Crippen LogP contribution is -1.97. The summed E-state index contributed by atoms with van der Waals surface area (Å²) >= 11 is 5.98. The molecular weight excluding hydrogens is 369 g/mol. The molecule has 0 unspecified atom stereocenters. The predicted molar refractivity (Wildman–Crippen MR) is 101 cm³/mol. The van der Waals surface area contributed by atoms with Crippen LogP contribution >= 0.6 is 11.6 Å². The van der Waals surface area contributed by atoms with Gasteiger partial charge in [0.1, 0.15) is 34.6 Å². The van der Waals surface area contributed by atoms with Crippen LogP contribution in [0.1, 0.15) is 5.56 Å². The van der Waals surface area contributed by atoms with Gasteiger partial charge in [0.2, 0.25) is 0 Å². The molecule has 4 rings (SSSR count). The Morgan fingerprint density at radius 3 is 2.74 bits per heavy atom. The third kappa shape index (κ3) is 3.78. The number of ether oxygens (including phenoxy) is 1. The van der Waals surface area contributed by atoms with Crippen LogP contribution in [0, 0.1) is 12.7 Å². The molecule has 0 atom stereocenters. The number of fused-ring (bicyclic) bond motifs is 1. The molecule has 1 aromatic carbocycles. The average Bonchev–Trinajstić information content (AvgIpc) is 2.64. The molecule has 8 heteroatoms. The zero-order valence-electron chi connectivity index (χ0n) is 14.1. The summed E-state index contributed by atoms with van der Waals surface area (Å²) in [4.78, 5) is 16.3. The molecule has 0 bridgehead atoms. The van der Waals surface area contributed by atoms with Crippen molar-refractivity contribution < 1.29 is 9.13 Å². The summed E-state index contributed by atoms with van der Waals surface area (Å²) in [5.41, 5.74) is 2.36. The first-order valence-corrected chi connectivity index (χ1v) is 8.38. The van der Waals surface area contributed by atoms with Gasteiger partial charge in [-0.3, -0.25) is 4.98 Å². The van der Waals surface area contributed by atoms with Gasteiger partial charge >= 0.3 is 0 Å². The fourth-order valence-corrected chi connectivity index (χ4v) is 2.74. The second kappa shape index (κ2) is 7.13. The van der Waals surface area contributed by atoms with Crippen LogP contribution in [0.25, 0.3) is 10.9 Å². The molecule has 0 aliphatic heterocycles. The summed E-state index contributed by atoms with van der Waals surface area (Å²) in [5.74, 6) is 1.11. The summed E-state index contributed by atoms with van der Waals surface area (Å²) in [6, 6.07) is 8.52. The van der Waals surface area contributed by atoms with Crippen LogP contribution in [0.2, 0.25) is 5.15 Å². The van der Waals surface area contributed by atoms with Gasteiger partial charge in [-0.15, -0.1) is 0 Å². The van der Waals surface area contributed by atoms with Crippen LogP contribution < -0.4 is 10.1 Å². The Bertz CT molecular complexity index is 1140. The zero-order valence-corrected chi connectivity index (χ0v) is 14.9. The van der Waals surface area contributed by atoms with Gasteiger partial charge in [-0.25, -0.2) is 19.3 Å². The lowest BCUT2D eigenvalue weighted by Gasteiger charge is -2.12. The Labute approximate surface area is 159 Å². The maximum absolute atomic E-state index is 13.3. The van der Waals surface area contributed by atoms with Crippen molar-refractivity contribution in [2.45, 2.75) is 6.92 Å². The monoisotopic (exact) mass is 381 g/mol. The molecular formula is C19H13ClFN5O. The Hall–Kier alpha value is -3.32. The van der Waals surface area contributed by atoms with Crippen LogP contribution in [0.15, 0.2) is 55.2 Å². The highest BCUT2D eigenvalue weighted by Gasteiger charge is 2.08. The van der Waals surface area contributed by atoms with Gasteiger partial charge in [-0.2, -0.15) is 0 Å². The number of aryl methyl sites for hydroxylation is 1. The highest BCUT2D eigenvalue weighted by molar-refractivity contribution is 6.30. The van der Waals surface area contributed by atoms with E-state index in [-0.39, 0.29) is 0 Å². The van der Waals surface area contributed by atoms with E-state index in [9.17, 15) is 4.39 Å². The van der Waals surface area contributed by atoms with E-state index in [1.807, 2.05) is 19.1 Å². The first kappa shape index (κ1) is 17.1. The average molecular weight is 382 g/mol. The molecule has 3 aromatic heterocycles. The van der Waals surface area contributed by atoms with E-state index >= 15 is 0 Å². The molecule has 0 aliphatic carbocycles. The standard InChI is InChI=1S/C19H13ClFN5O/c1-11-4-13(2-3-17(11)27-14-5-12(21)7-22-8-14)26-19-15-6-18(20)23-9-16(15)24-10-25-19/h2-10H,1H3,(H,24,25,26). The number of nitrogens with zero attached hydrogens (tertiary/aromatic N) is 4. The third-order valence-electron chi connectivity index (χ3n) is 3.83. The van der Waals surface area contributed by atoms with Gasteiger partial charge in [0, 0.05) is 17.1 Å². The topological polar surface area (TPSA) is 72.8 Å². The van der Waals surface area contributed by atoms with Gasteiger partial charge in [0.25, 0.3) is 0 Å². The quantitative estimate of drug-likeness (QED) is 0.498. The van der Waals surface area contributed by atoms with E-state index in [0.717, 1.165) is 22.8 Å². The smallest absolute Gasteiger partial charge is 0.148 e. The fraction of sp³-hybridized carbons (Fsp3) is 0.0526. The minimum Gasteiger partial charge on any atom is -0.455 e. The normalized spacial score (nSPS) is 10.8. The fourth-order valence-electron chi connectivity index (χ4n) is 2.59. The Morgan fingerprint density at radius 1 is 1.04 bits per heavy atom. The number of benzene rings is 1. The Morgan fingerprint density at radius 2 is 1.93 bits per heavy atom. The molecule has 0 spiro atoms. The number of aromatic nitrogens is 4. The van der Waals surface area contributed by atoms with Crippen LogP contribution in [0.5, 0.6) is 11.5 Å². The Kier molecular flexibility index (Phi) is 4.52. The van der Waals surface area contributed by atoms with E-state index in [1.165, 1.54) is 18.6 Å². The van der Waals surface area contributed by atoms with E-state index in [4.69, 9.17) is 16.3 Å². The van der Waals surface area contributed by atoms with Gasteiger partial charge in [-0.1, -0.05) is 11.6 Å². The number of pyridine rings is 2. The molecule has 6 nitrogen and oxygen atoms in total. The van der Waals surface area contributed by atoms with Crippen molar-refractivity contribution in [1.82, 2.24) is 19.9 Å². The van der Waals surface area contributed by atoms with Crippen LogP contribution in [0.3, 0.4) is 0 Å². The van der Waals surface area contributed by atoms with Crippen molar-refractivity contribution in [1.29, 1.82) is 0 Å². The maximum atomic E-state index is 13.3. The molecule has 0 saturated heterocycles. The summed E-state index contributed by atoms with van der Waals surface area (Å²) in [6.45, 7) is 1.89. The number of rotatable bonds is 4. The molecule has 4 aromatic rings. The van der Waals surface area contributed by atoms with Crippen LogP contribution in [-0.2, 0) is 0 Å². The number of anilines is 2. The minimum atomic E-state index is -0.452. The number of hydrogen-bond donors (Lipinski definition) is 1. The van der Waals surface area contributed by atoms with Crippen molar-refractivity contribution in [2.24, 2.45) is 0 Å². The maximum Gasteiger partial charge on any atom is 0.148 e. The Balaban J connectivity index is 1.61. The summed E-state index contributed by atoms with van der Waals surface area (Å²) < 4.78 is 19.0.